The van der Waals surface area contributed by atoms with Crippen LogP contribution >= 0.6 is 0 Å². The summed E-state index contributed by atoms with van der Waals surface area (Å²) in [6.45, 7) is 8.89. The number of benzene rings is 1. The van der Waals surface area contributed by atoms with Crippen LogP contribution in [0, 0.1) is 5.41 Å². The van der Waals surface area contributed by atoms with E-state index in [1.54, 1.807) is 20.8 Å². The van der Waals surface area contributed by atoms with Gasteiger partial charge in [-0.15, -0.1) is 6.58 Å². The van der Waals surface area contributed by atoms with Crippen LogP contribution < -0.4 is 5.32 Å². The molecule has 0 fully saturated rings. The molecule has 1 rings (SSSR count). The fourth-order valence-corrected chi connectivity index (χ4v) is 1.98. The lowest BCUT2D eigenvalue weighted by molar-refractivity contribution is -0.149. The highest BCUT2D eigenvalue weighted by atomic mass is 16.4. The molecule has 4 heteroatoms. The molecule has 1 amide bonds. The Balaban J connectivity index is 3.12. The molecule has 21 heavy (non-hydrogen) atoms. The van der Waals surface area contributed by atoms with Crippen molar-refractivity contribution in [1.82, 2.24) is 5.32 Å². The summed E-state index contributed by atoms with van der Waals surface area (Å²) in [5.74, 6) is -1.34. The van der Waals surface area contributed by atoms with Crippen molar-refractivity contribution in [1.29, 1.82) is 0 Å². The maximum Gasteiger partial charge on any atom is 0.330 e. The maximum absolute atomic E-state index is 12.2. The van der Waals surface area contributed by atoms with Crippen LogP contribution in [0.3, 0.4) is 0 Å². The third-order valence-electron chi connectivity index (χ3n) is 3.28. The molecule has 0 aliphatic rings. The lowest BCUT2D eigenvalue weighted by Crippen LogP contribution is -2.58. The SMILES string of the molecule is C=CC[C@](Cc1ccccc1)(NC(=O)C(C)(C)C)C(=O)O. The van der Waals surface area contributed by atoms with Gasteiger partial charge in [0.15, 0.2) is 0 Å². The minimum absolute atomic E-state index is 0.166. The Labute approximate surface area is 125 Å². The van der Waals surface area contributed by atoms with E-state index in [1.165, 1.54) is 6.08 Å². The molecule has 0 heterocycles. The van der Waals surface area contributed by atoms with Gasteiger partial charge in [0.1, 0.15) is 5.54 Å². The number of rotatable bonds is 6. The average molecular weight is 289 g/mol. The highest BCUT2D eigenvalue weighted by Crippen LogP contribution is 2.22. The summed E-state index contributed by atoms with van der Waals surface area (Å²) in [7, 11) is 0. The zero-order valence-electron chi connectivity index (χ0n) is 12.8. The molecule has 0 aromatic heterocycles. The number of hydrogen-bond acceptors (Lipinski definition) is 2. The predicted molar refractivity (Wildman–Crippen MR) is 82.9 cm³/mol. The Morgan fingerprint density at radius 2 is 1.81 bits per heavy atom. The van der Waals surface area contributed by atoms with Crippen LogP contribution in [0.4, 0.5) is 0 Å². The second-order valence-electron chi connectivity index (χ2n) is 6.25. The summed E-state index contributed by atoms with van der Waals surface area (Å²) in [6.07, 6.45) is 1.91. The quantitative estimate of drug-likeness (QED) is 0.791. The van der Waals surface area contributed by atoms with E-state index in [4.69, 9.17) is 0 Å². The van der Waals surface area contributed by atoms with Crippen LogP contribution in [-0.2, 0) is 16.0 Å². The molecule has 0 saturated carbocycles. The number of carboxylic acids is 1. The Morgan fingerprint density at radius 3 is 2.24 bits per heavy atom. The van der Waals surface area contributed by atoms with Gasteiger partial charge in [-0.1, -0.05) is 57.2 Å². The van der Waals surface area contributed by atoms with Gasteiger partial charge in [0.2, 0.25) is 5.91 Å². The molecule has 0 spiro atoms. The van der Waals surface area contributed by atoms with Crippen molar-refractivity contribution in [3.63, 3.8) is 0 Å². The molecule has 0 unspecified atom stereocenters. The minimum atomic E-state index is -1.37. The molecule has 1 atom stereocenters. The monoisotopic (exact) mass is 289 g/mol. The van der Waals surface area contributed by atoms with E-state index in [0.29, 0.717) is 0 Å². The average Bonchev–Trinajstić information content (AvgIpc) is 2.38. The van der Waals surface area contributed by atoms with Gasteiger partial charge in [-0.25, -0.2) is 4.79 Å². The molecule has 0 aliphatic carbocycles. The number of aliphatic carboxylic acids is 1. The van der Waals surface area contributed by atoms with Crippen molar-refractivity contribution in [2.24, 2.45) is 5.41 Å². The number of amides is 1. The Kier molecular flexibility index (Phi) is 5.30. The van der Waals surface area contributed by atoms with Crippen LogP contribution in [0.2, 0.25) is 0 Å². The molecular weight excluding hydrogens is 266 g/mol. The molecule has 0 saturated heterocycles. The summed E-state index contributed by atoms with van der Waals surface area (Å²) in [6, 6.07) is 9.27. The van der Waals surface area contributed by atoms with Gasteiger partial charge in [-0.05, 0) is 12.0 Å². The van der Waals surface area contributed by atoms with Gasteiger partial charge in [-0.3, -0.25) is 4.79 Å². The first-order valence-corrected chi connectivity index (χ1v) is 6.92. The summed E-state index contributed by atoms with van der Waals surface area (Å²) in [5.41, 5.74) is -1.16. The first-order valence-electron chi connectivity index (χ1n) is 6.92. The van der Waals surface area contributed by atoms with E-state index >= 15 is 0 Å². The highest BCUT2D eigenvalue weighted by molar-refractivity contribution is 5.89. The molecular formula is C17H23NO3. The van der Waals surface area contributed by atoms with Crippen molar-refractivity contribution in [3.05, 3.63) is 48.6 Å². The second-order valence-corrected chi connectivity index (χ2v) is 6.25. The lowest BCUT2D eigenvalue weighted by atomic mass is 9.85. The third kappa shape index (κ3) is 4.45. The molecule has 114 valence electrons. The van der Waals surface area contributed by atoms with Crippen LogP contribution in [0.5, 0.6) is 0 Å². The van der Waals surface area contributed by atoms with E-state index in [-0.39, 0.29) is 18.7 Å². The van der Waals surface area contributed by atoms with E-state index < -0.39 is 16.9 Å². The Morgan fingerprint density at radius 1 is 1.24 bits per heavy atom. The van der Waals surface area contributed by atoms with Crippen LogP contribution in [0.1, 0.15) is 32.8 Å². The van der Waals surface area contributed by atoms with E-state index in [2.05, 4.69) is 11.9 Å². The van der Waals surface area contributed by atoms with Crippen LogP contribution in [0.25, 0.3) is 0 Å². The molecule has 1 aromatic rings. The van der Waals surface area contributed by atoms with Crippen molar-refractivity contribution < 1.29 is 14.7 Å². The molecule has 0 aliphatic heterocycles. The fourth-order valence-electron chi connectivity index (χ4n) is 1.98. The molecule has 0 radical (unpaired) electrons. The van der Waals surface area contributed by atoms with Crippen molar-refractivity contribution >= 4 is 11.9 Å². The van der Waals surface area contributed by atoms with E-state index in [1.807, 2.05) is 30.3 Å². The fraction of sp³-hybridized carbons (Fsp3) is 0.412. The van der Waals surface area contributed by atoms with Crippen molar-refractivity contribution in [2.75, 3.05) is 0 Å². The van der Waals surface area contributed by atoms with Crippen LogP contribution in [-0.4, -0.2) is 22.5 Å². The van der Waals surface area contributed by atoms with Gasteiger partial charge >= 0.3 is 5.97 Å². The Hall–Kier alpha value is -2.10. The van der Waals surface area contributed by atoms with Crippen LogP contribution in [0.15, 0.2) is 43.0 Å². The summed E-state index contributed by atoms with van der Waals surface area (Å²) >= 11 is 0. The number of carbonyl (C=O) groups excluding carboxylic acids is 1. The highest BCUT2D eigenvalue weighted by Gasteiger charge is 2.41. The van der Waals surface area contributed by atoms with Gasteiger partial charge in [0.25, 0.3) is 0 Å². The van der Waals surface area contributed by atoms with Gasteiger partial charge in [0, 0.05) is 11.8 Å². The smallest absolute Gasteiger partial charge is 0.330 e. The predicted octanol–water partition coefficient (Wildman–Crippen LogP) is 2.79. The van der Waals surface area contributed by atoms with Gasteiger partial charge in [-0.2, -0.15) is 0 Å². The topological polar surface area (TPSA) is 66.4 Å². The summed E-state index contributed by atoms with van der Waals surface area (Å²) < 4.78 is 0. The molecule has 2 N–H and O–H groups in total. The first kappa shape index (κ1) is 17.0. The number of carboxylic acid groups (broad SMARTS) is 1. The molecule has 4 nitrogen and oxygen atoms in total. The maximum atomic E-state index is 12.2. The standard InChI is InChI=1S/C17H23NO3/c1-5-11-17(15(20)21,18-14(19)16(2,3)4)12-13-9-7-6-8-10-13/h5-10H,1,11-12H2,2-4H3,(H,18,19)(H,20,21)/t17-/m1/s1. The number of nitrogens with one attached hydrogen (secondary N) is 1. The zero-order chi connectivity index (χ0) is 16.1. The van der Waals surface area contributed by atoms with E-state index in [9.17, 15) is 14.7 Å². The van der Waals surface area contributed by atoms with Gasteiger partial charge < -0.3 is 10.4 Å². The van der Waals surface area contributed by atoms with E-state index in [0.717, 1.165) is 5.56 Å². The minimum Gasteiger partial charge on any atom is -0.479 e. The van der Waals surface area contributed by atoms with Crippen molar-refractivity contribution in [2.45, 2.75) is 39.2 Å². The zero-order valence-corrected chi connectivity index (χ0v) is 12.8. The van der Waals surface area contributed by atoms with Crippen molar-refractivity contribution in [3.8, 4) is 0 Å². The molecule has 1 aromatic carbocycles. The Bertz CT molecular complexity index is 517. The summed E-state index contributed by atoms with van der Waals surface area (Å²) in [5, 5.41) is 12.4. The van der Waals surface area contributed by atoms with Gasteiger partial charge in [0.05, 0.1) is 0 Å². The first-order chi connectivity index (χ1) is 9.71. The lowest BCUT2D eigenvalue weighted by Gasteiger charge is -2.32. The summed E-state index contributed by atoms with van der Waals surface area (Å²) in [4.78, 5) is 24.1. The number of hydrogen-bond donors (Lipinski definition) is 2. The second kappa shape index (κ2) is 6.57. The third-order valence-corrected chi connectivity index (χ3v) is 3.28. The normalized spacial score (nSPS) is 14.0. The molecule has 0 bridgehead atoms. The largest absolute Gasteiger partial charge is 0.479 e. The number of carbonyl (C=O) groups is 2.